The van der Waals surface area contributed by atoms with Gasteiger partial charge in [-0.25, -0.2) is 0 Å². The molecule has 3 nitrogen and oxygen atoms in total. The van der Waals surface area contributed by atoms with Crippen molar-refractivity contribution in [3.8, 4) is 78.5 Å². The fourth-order valence-electron chi connectivity index (χ4n) is 15.8. The minimum absolute atomic E-state index is 0.0788. The van der Waals surface area contributed by atoms with Gasteiger partial charge >= 0.3 is 0 Å². The number of nitrogens with zero attached hydrogens (tertiary/aromatic N) is 2. The van der Waals surface area contributed by atoms with E-state index in [0.717, 1.165) is 28.4 Å². The van der Waals surface area contributed by atoms with Crippen molar-refractivity contribution in [3.63, 3.8) is 0 Å². The Hall–Kier alpha value is -9.90. The standard InChI is InChI=1S/C81H59BN2O/c1-79(2,3)53-41-51(42-54(46-53)80(4,5)6)52-44-71-75-72(45-52)85-78-66(39-38-59-57-29-15-20-34-65(57)81(74(59)78)63-32-18-13-27-55(63)56-28-14-19-33-64(56)81)82(75)67-47-62-58-30-16-21-35-68(58)83(76(62)73-60-31-17-22-36-69(60)84(71)77(67)73)70-40-37-50(48-23-9-7-10-24-48)43-61(70)49-25-11-8-12-26-49/h7-47H,1-6H3. The van der Waals surface area contributed by atoms with Crippen LogP contribution in [0.5, 0.6) is 11.5 Å². The summed E-state index contributed by atoms with van der Waals surface area (Å²) in [5, 5.41) is 4.94. The summed E-state index contributed by atoms with van der Waals surface area (Å²) in [6, 6.07) is 94.3. The molecule has 0 saturated heterocycles. The lowest BCUT2D eigenvalue weighted by Crippen LogP contribution is -2.58. The highest BCUT2D eigenvalue weighted by atomic mass is 16.5. The van der Waals surface area contributed by atoms with Gasteiger partial charge in [0, 0.05) is 38.4 Å². The zero-order valence-corrected chi connectivity index (χ0v) is 48.6. The topological polar surface area (TPSA) is 19.1 Å². The molecule has 4 aliphatic rings. The zero-order valence-electron chi connectivity index (χ0n) is 48.6. The molecule has 0 saturated carbocycles. The molecule has 14 aromatic rings. The number of ether oxygens (including phenoxy) is 1. The average Bonchev–Trinajstić information content (AvgIpc) is 1.55. The van der Waals surface area contributed by atoms with Crippen molar-refractivity contribution in [1.82, 2.24) is 9.13 Å². The minimum atomic E-state index is -0.617. The van der Waals surface area contributed by atoms with E-state index in [0.29, 0.717) is 0 Å². The van der Waals surface area contributed by atoms with Crippen LogP contribution in [0.4, 0.5) is 0 Å². The van der Waals surface area contributed by atoms with E-state index in [1.54, 1.807) is 0 Å². The molecular formula is C81H59BN2O. The molecule has 12 aromatic carbocycles. The fraction of sp³-hybridized carbons (Fsp3) is 0.111. The first kappa shape index (κ1) is 48.6. The molecule has 0 fully saturated rings. The lowest BCUT2D eigenvalue weighted by Gasteiger charge is -2.38. The Kier molecular flexibility index (Phi) is 9.79. The van der Waals surface area contributed by atoms with E-state index in [1.165, 1.54) is 143 Å². The van der Waals surface area contributed by atoms with Gasteiger partial charge < -0.3 is 13.9 Å². The molecule has 4 heterocycles. The number of hydrogen-bond acceptors (Lipinski definition) is 1. The minimum Gasteiger partial charge on any atom is -0.458 e. The van der Waals surface area contributed by atoms with E-state index in [-0.39, 0.29) is 17.5 Å². The quantitative estimate of drug-likeness (QED) is 0.161. The summed E-state index contributed by atoms with van der Waals surface area (Å²) in [5.74, 6) is 1.87. The molecule has 18 rings (SSSR count). The Morgan fingerprint density at radius 2 is 0.906 bits per heavy atom. The first-order valence-corrected chi connectivity index (χ1v) is 30.2. The summed E-state index contributed by atoms with van der Waals surface area (Å²) in [7, 11) is 0. The van der Waals surface area contributed by atoms with E-state index in [1.807, 2.05) is 0 Å². The first-order chi connectivity index (χ1) is 41.4. The van der Waals surface area contributed by atoms with Gasteiger partial charge in [0.25, 0.3) is 6.71 Å². The number of fused-ring (bicyclic) bond motifs is 22. The van der Waals surface area contributed by atoms with E-state index >= 15 is 0 Å². The molecule has 1 spiro atoms. The fourth-order valence-corrected chi connectivity index (χ4v) is 15.8. The van der Waals surface area contributed by atoms with Crippen molar-refractivity contribution >= 4 is 66.7 Å². The Morgan fingerprint density at radius 1 is 0.365 bits per heavy atom. The van der Waals surface area contributed by atoms with Crippen molar-refractivity contribution in [2.75, 3.05) is 0 Å². The molecule has 85 heavy (non-hydrogen) atoms. The van der Waals surface area contributed by atoms with Crippen LogP contribution in [0.3, 0.4) is 0 Å². The normalized spacial score (nSPS) is 13.9. The molecule has 0 N–H and O–H groups in total. The average molecular weight is 1090 g/mol. The maximum Gasteiger partial charge on any atom is 0.256 e. The van der Waals surface area contributed by atoms with E-state index in [2.05, 4.69) is 299 Å². The van der Waals surface area contributed by atoms with Crippen molar-refractivity contribution in [2.24, 2.45) is 0 Å². The number of rotatable bonds is 4. The summed E-state index contributed by atoms with van der Waals surface area (Å²) in [4.78, 5) is 0. The number of para-hydroxylation sites is 2. The van der Waals surface area contributed by atoms with Crippen molar-refractivity contribution < 1.29 is 4.74 Å². The second-order valence-corrected chi connectivity index (χ2v) is 26.3. The van der Waals surface area contributed by atoms with Gasteiger partial charge in [0.15, 0.2) is 0 Å². The summed E-state index contributed by atoms with van der Waals surface area (Å²) >= 11 is 0. The van der Waals surface area contributed by atoms with Gasteiger partial charge in [-0.1, -0.05) is 254 Å². The van der Waals surface area contributed by atoms with Gasteiger partial charge in [0.05, 0.1) is 33.2 Å². The van der Waals surface area contributed by atoms with E-state index in [9.17, 15) is 0 Å². The van der Waals surface area contributed by atoms with Crippen LogP contribution in [-0.2, 0) is 16.2 Å². The predicted octanol–water partition coefficient (Wildman–Crippen LogP) is 18.8. The Bertz CT molecular complexity index is 5140. The molecule has 0 atom stereocenters. The summed E-state index contributed by atoms with van der Waals surface area (Å²) < 4.78 is 13.3. The molecular weight excluding hydrogens is 1030 g/mol. The molecule has 0 bridgehead atoms. The maximum absolute atomic E-state index is 8.07. The lowest BCUT2D eigenvalue weighted by molar-refractivity contribution is 0.476. The number of aromatic nitrogens is 2. The highest BCUT2D eigenvalue weighted by Crippen LogP contribution is 2.65. The Morgan fingerprint density at radius 3 is 1.55 bits per heavy atom. The lowest BCUT2D eigenvalue weighted by atomic mass is 9.34. The van der Waals surface area contributed by atoms with Crippen LogP contribution >= 0.6 is 0 Å². The molecule has 402 valence electrons. The summed E-state index contributed by atoms with van der Waals surface area (Å²) in [6.45, 7) is 13.9. The van der Waals surface area contributed by atoms with Crippen LogP contribution in [0, 0.1) is 0 Å². The molecule has 0 amide bonds. The highest BCUT2D eigenvalue weighted by Gasteiger charge is 2.55. The predicted molar refractivity (Wildman–Crippen MR) is 356 cm³/mol. The van der Waals surface area contributed by atoms with Crippen LogP contribution in [-0.4, -0.2) is 15.8 Å². The van der Waals surface area contributed by atoms with Gasteiger partial charge in [-0.05, 0) is 142 Å². The second kappa shape index (κ2) is 17.1. The molecule has 4 heteroatoms. The van der Waals surface area contributed by atoms with Crippen LogP contribution in [0.1, 0.15) is 74.9 Å². The second-order valence-electron chi connectivity index (χ2n) is 26.3. The first-order valence-electron chi connectivity index (χ1n) is 30.2. The Labute approximate surface area is 496 Å². The SMILES string of the molecule is CC(C)(C)c1cc(-c2cc3c4c(c2)-n2c5ccccc5c5c2c(cc2c6ccccc6n(-c6ccc(-c7ccccc7)cc6-c6ccccc6)c25)B4c2ccc4c(c2O3)C2(c3ccccc3-c3ccccc32)c2ccccc2-4)cc(C(C)(C)C)c1. The number of benzene rings is 12. The third-order valence-corrected chi connectivity index (χ3v) is 19.6. The van der Waals surface area contributed by atoms with Crippen molar-refractivity contribution in [1.29, 1.82) is 0 Å². The maximum atomic E-state index is 8.07. The van der Waals surface area contributed by atoms with Crippen LogP contribution < -0.4 is 21.1 Å². The van der Waals surface area contributed by atoms with Gasteiger partial charge in [-0.15, -0.1) is 0 Å². The molecule has 0 radical (unpaired) electrons. The third kappa shape index (κ3) is 6.52. The molecule has 2 aromatic heterocycles. The van der Waals surface area contributed by atoms with Gasteiger partial charge in [-0.2, -0.15) is 0 Å². The largest absolute Gasteiger partial charge is 0.458 e. The molecule has 2 aliphatic heterocycles. The van der Waals surface area contributed by atoms with E-state index in [4.69, 9.17) is 4.74 Å². The highest BCUT2D eigenvalue weighted by molar-refractivity contribution is 6.99. The summed E-state index contributed by atoms with van der Waals surface area (Å²) in [6.07, 6.45) is 0. The van der Waals surface area contributed by atoms with Crippen LogP contribution in [0.2, 0.25) is 0 Å². The van der Waals surface area contributed by atoms with Gasteiger partial charge in [-0.3, -0.25) is 0 Å². The van der Waals surface area contributed by atoms with Gasteiger partial charge in [0.1, 0.15) is 11.5 Å². The smallest absolute Gasteiger partial charge is 0.256 e. The van der Waals surface area contributed by atoms with Crippen molar-refractivity contribution in [3.05, 3.63) is 282 Å². The van der Waals surface area contributed by atoms with Crippen molar-refractivity contribution in [2.45, 2.75) is 57.8 Å². The molecule has 2 aliphatic carbocycles. The van der Waals surface area contributed by atoms with Crippen LogP contribution in [0.25, 0.3) is 111 Å². The third-order valence-electron chi connectivity index (χ3n) is 19.6. The Balaban J connectivity index is 1.00. The van der Waals surface area contributed by atoms with Gasteiger partial charge in [0.2, 0.25) is 0 Å². The zero-order chi connectivity index (χ0) is 56.8. The monoisotopic (exact) mass is 1090 g/mol. The van der Waals surface area contributed by atoms with Crippen LogP contribution in [0.15, 0.2) is 249 Å². The van der Waals surface area contributed by atoms with E-state index < -0.39 is 5.41 Å². The number of hydrogen-bond donors (Lipinski definition) is 0. The molecule has 0 unspecified atom stereocenters. The summed E-state index contributed by atoms with van der Waals surface area (Å²) in [5.41, 5.74) is 30.0.